The van der Waals surface area contributed by atoms with Gasteiger partial charge in [0.25, 0.3) is 5.91 Å². The minimum Gasteiger partial charge on any atom is -0.422 e. The molecule has 6 nitrogen and oxygen atoms in total. The average Bonchev–Trinajstić information content (AvgIpc) is 3.17. The first-order valence-electron chi connectivity index (χ1n) is 9.69. The molecule has 0 unspecified atom stereocenters. The number of carbonyl (C=O) groups excluding carboxylic acids is 1. The predicted molar refractivity (Wildman–Crippen MR) is 112 cm³/mol. The number of fused-ring (bicyclic) bond motifs is 1. The second kappa shape index (κ2) is 7.81. The van der Waals surface area contributed by atoms with Gasteiger partial charge in [0.15, 0.2) is 0 Å². The van der Waals surface area contributed by atoms with Crippen molar-refractivity contribution in [3.8, 4) is 11.1 Å². The van der Waals surface area contributed by atoms with Gasteiger partial charge in [0.2, 0.25) is 0 Å². The Balaban J connectivity index is 1.68. The third-order valence-corrected chi connectivity index (χ3v) is 5.66. The van der Waals surface area contributed by atoms with Gasteiger partial charge < -0.3 is 19.3 Å². The van der Waals surface area contributed by atoms with Crippen molar-refractivity contribution in [3.63, 3.8) is 0 Å². The van der Waals surface area contributed by atoms with Crippen LogP contribution in [0.15, 0.2) is 63.8 Å². The number of likely N-dealkylation sites (tertiary alicyclic amines) is 1. The smallest absolute Gasteiger partial charge is 0.344 e. The summed E-state index contributed by atoms with van der Waals surface area (Å²) in [6, 6.07) is 16.2. The second-order valence-corrected chi connectivity index (χ2v) is 7.71. The molecule has 6 heteroatoms. The van der Waals surface area contributed by atoms with Crippen molar-refractivity contribution < 1.29 is 14.3 Å². The third kappa shape index (κ3) is 3.69. The first-order valence-corrected chi connectivity index (χ1v) is 9.69. The zero-order valence-corrected chi connectivity index (χ0v) is 16.5. The number of para-hydroxylation sites is 1. The molecule has 0 bridgehead atoms. The van der Waals surface area contributed by atoms with Gasteiger partial charge in [-0.3, -0.25) is 4.79 Å². The minimum atomic E-state index is -0.435. The van der Waals surface area contributed by atoms with Crippen molar-refractivity contribution >= 4 is 16.9 Å². The van der Waals surface area contributed by atoms with Crippen LogP contribution in [0.4, 0.5) is 0 Å². The number of hydrogen-bond acceptors (Lipinski definition) is 5. The number of aliphatic hydroxyl groups excluding tert-OH is 1. The van der Waals surface area contributed by atoms with Crippen molar-refractivity contribution in [2.75, 3.05) is 27.2 Å². The summed E-state index contributed by atoms with van der Waals surface area (Å²) in [7, 11) is 3.96. The maximum absolute atomic E-state index is 13.2. The Labute approximate surface area is 169 Å². The maximum atomic E-state index is 13.2. The summed E-state index contributed by atoms with van der Waals surface area (Å²) in [5, 5.41) is 10.6. The topological polar surface area (TPSA) is 74.0 Å². The van der Waals surface area contributed by atoms with E-state index in [9.17, 15) is 14.7 Å². The molecule has 4 rings (SSSR count). The van der Waals surface area contributed by atoms with Crippen LogP contribution in [0.2, 0.25) is 0 Å². The highest BCUT2D eigenvalue weighted by atomic mass is 16.4. The predicted octanol–water partition coefficient (Wildman–Crippen LogP) is 2.60. The summed E-state index contributed by atoms with van der Waals surface area (Å²) >= 11 is 0. The molecule has 1 aliphatic heterocycles. The number of hydrogen-bond donors (Lipinski definition) is 1. The molecule has 2 aromatic carbocycles. The van der Waals surface area contributed by atoms with Crippen LogP contribution in [0.3, 0.4) is 0 Å². The molecule has 1 aliphatic rings. The van der Waals surface area contributed by atoms with Crippen LogP contribution in [0.5, 0.6) is 0 Å². The molecule has 150 valence electrons. The first-order chi connectivity index (χ1) is 14.0. The Hall–Kier alpha value is -2.96. The van der Waals surface area contributed by atoms with E-state index in [0.717, 1.165) is 11.8 Å². The molecule has 1 saturated heterocycles. The molecule has 1 N–H and O–H groups in total. The highest BCUT2D eigenvalue weighted by Crippen LogP contribution is 2.26. The number of likely N-dealkylation sites (N-methyl/N-ethyl adjacent to an activating group) is 1. The van der Waals surface area contributed by atoms with Gasteiger partial charge in [-0.2, -0.15) is 0 Å². The fourth-order valence-electron chi connectivity index (χ4n) is 3.94. The molecule has 2 heterocycles. The van der Waals surface area contributed by atoms with Crippen molar-refractivity contribution in [1.82, 2.24) is 9.80 Å². The first kappa shape index (κ1) is 19.4. The van der Waals surface area contributed by atoms with E-state index in [2.05, 4.69) is 4.90 Å². The summed E-state index contributed by atoms with van der Waals surface area (Å²) in [4.78, 5) is 29.5. The molecule has 29 heavy (non-hydrogen) atoms. The molecular weight excluding hydrogens is 368 g/mol. The van der Waals surface area contributed by atoms with E-state index in [1.165, 1.54) is 0 Å². The van der Waals surface area contributed by atoms with E-state index >= 15 is 0 Å². The number of nitrogens with zero attached hydrogens (tertiary/aromatic N) is 2. The maximum Gasteiger partial charge on any atom is 0.344 e. The fraction of sp³-hybridized carbons (Fsp3) is 0.304. The summed E-state index contributed by atoms with van der Waals surface area (Å²) in [5.74, 6) is -0.138. The lowest BCUT2D eigenvalue weighted by molar-refractivity contribution is 0.0673. The van der Waals surface area contributed by atoms with E-state index in [-0.39, 0.29) is 24.6 Å². The van der Waals surface area contributed by atoms with Gasteiger partial charge in [-0.1, -0.05) is 30.3 Å². The molecule has 3 aromatic rings. The zero-order valence-electron chi connectivity index (χ0n) is 16.5. The van der Waals surface area contributed by atoms with Gasteiger partial charge >= 0.3 is 5.63 Å². The Morgan fingerprint density at radius 2 is 1.97 bits per heavy atom. The molecule has 1 aromatic heterocycles. The van der Waals surface area contributed by atoms with Crippen LogP contribution in [0, 0.1) is 0 Å². The quantitative estimate of drug-likeness (QED) is 0.691. The van der Waals surface area contributed by atoms with Crippen molar-refractivity contribution in [1.29, 1.82) is 0 Å². The molecule has 1 fully saturated rings. The molecular formula is C23H24N2O4. The number of rotatable bonds is 4. The lowest BCUT2D eigenvalue weighted by Crippen LogP contribution is -2.38. The van der Waals surface area contributed by atoms with Gasteiger partial charge in [0.1, 0.15) is 5.58 Å². The van der Waals surface area contributed by atoms with E-state index in [1.54, 1.807) is 41.3 Å². The van der Waals surface area contributed by atoms with Crippen molar-refractivity contribution in [2.24, 2.45) is 0 Å². The van der Waals surface area contributed by atoms with Crippen LogP contribution >= 0.6 is 0 Å². The summed E-state index contributed by atoms with van der Waals surface area (Å²) in [6.45, 7) is 0.503. The molecule has 0 saturated carbocycles. The normalized spacial score (nSPS) is 19.2. The third-order valence-electron chi connectivity index (χ3n) is 5.66. The van der Waals surface area contributed by atoms with Gasteiger partial charge in [-0.15, -0.1) is 0 Å². The van der Waals surface area contributed by atoms with Crippen molar-refractivity contribution in [2.45, 2.75) is 18.5 Å². The fourth-order valence-corrected chi connectivity index (χ4v) is 3.94. The standard InChI is InChI=1S/C23H24N2O4/c1-24(2)18-12-19(14-26)25(13-18)22(27)17-8-5-7-15(10-17)20-11-16-6-3-4-9-21(16)29-23(20)28/h3-11,18-19,26H,12-14H2,1-2H3/t18-,19+/m1/s1. The minimum absolute atomic E-state index is 0.0654. The van der Waals surface area contributed by atoms with E-state index < -0.39 is 5.63 Å². The van der Waals surface area contributed by atoms with E-state index in [1.807, 2.05) is 32.3 Å². The van der Waals surface area contributed by atoms with E-state index in [4.69, 9.17) is 4.42 Å². The van der Waals surface area contributed by atoms with Crippen LogP contribution < -0.4 is 5.63 Å². The zero-order chi connectivity index (χ0) is 20.5. The summed E-state index contributed by atoms with van der Waals surface area (Å²) in [6.07, 6.45) is 0.739. The Morgan fingerprint density at radius 3 is 2.72 bits per heavy atom. The van der Waals surface area contributed by atoms with Crippen LogP contribution in [-0.2, 0) is 0 Å². The lowest BCUT2D eigenvalue weighted by Gasteiger charge is -2.23. The average molecular weight is 392 g/mol. The monoisotopic (exact) mass is 392 g/mol. The number of benzene rings is 2. The number of carbonyl (C=O) groups is 1. The Kier molecular flexibility index (Phi) is 5.22. The number of amides is 1. The largest absolute Gasteiger partial charge is 0.422 e. The lowest BCUT2D eigenvalue weighted by atomic mass is 10.0. The number of aliphatic hydroxyl groups is 1. The van der Waals surface area contributed by atoms with Gasteiger partial charge in [-0.05, 0) is 50.3 Å². The molecule has 0 radical (unpaired) electrons. The Bertz CT molecular complexity index is 1110. The summed E-state index contributed by atoms with van der Waals surface area (Å²) in [5.41, 5.74) is 1.65. The van der Waals surface area contributed by atoms with E-state index in [0.29, 0.717) is 28.8 Å². The highest BCUT2D eigenvalue weighted by Gasteiger charge is 2.36. The molecule has 0 aliphatic carbocycles. The van der Waals surface area contributed by atoms with Crippen LogP contribution in [0.25, 0.3) is 22.1 Å². The van der Waals surface area contributed by atoms with Gasteiger partial charge in [0, 0.05) is 23.5 Å². The SMILES string of the molecule is CN(C)[C@@H]1C[C@@H](CO)N(C(=O)c2cccc(-c3cc4ccccc4oc3=O)c2)C1. The molecule has 1 amide bonds. The summed E-state index contributed by atoms with van der Waals surface area (Å²) < 4.78 is 5.43. The second-order valence-electron chi connectivity index (χ2n) is 7.71. The Morgan fingerprint density at radius 1 is 1.17 bits per heavy atom. The van der Waals surface area contributed by atoms with Crippen LogP contribution in [0.1, 0.15) is 16.8 Å². The molecule has 0 spiro atoms. The van der Waals surface area contributed by atoms with Gasteiger partial charge in [0.05, 0.1) is 18.2 Å². The van der Waals surface area contributed by atoms with Gasteiger partial charge in [-0.25, -0.2) is 4.79 Å². The van der Waals surface area contributed by atoms with Crippen LogP contribution in [-0.4, -0.2) is 60.1 Å². The van der Waals surface area contributed by atoms with Crippen molar-refractivity contribution in [3.05, 3.63) is 70.6 Å². The molecule has 2 atom stereocenters. The highest BCUT2D eigenvalue weighted by molar-refractivity contribution is 5.96.